The third-order valence-electron chi connectivity index (χ3n) is 11.4. The Morgan fingerprint density at radius 3 is 1.15 bits per heavy atom. The van der Waals surface area contributed by atoms with Crippen molar-refractivity contribution in [3.63, 3.8) is 0 Å². The van der Waals surface area contributed by atoms with Crippen LogP contribution in [-0.2, 0) is 23.1 Å². The lowest BCUT2D eigenvalue weighted by Gasteiger charge is -2.21. The van der Waals surface area contributed by atoms with Crippen molar-refractivity contribution in [2.45, 2.75) is 204 Å². The van der Waals surface area contributed by atoms with E-state index in [4.69, 9.17) is 24.3 Å². The summed E-state index contributed by atoms with van der Waals surface area (Å²) < 4.78 is 34.7. The van der Waals surface area contributed by atoms with Gasteiger partial charge >= 0.3 is 7.82 Å². The van der Waals surface area contributed by atoms with Crippen molar-refractivity contribution in [2.75, 3.05) is 39.6 Å². The van der Waals surface area contributed by atoms with Gasteiger partial charge in [-0.25, -0.2) is 4.57 Å². The molecule has 0 aliphatic heterocycles. The van der Waals surface area contributed by atoms with Gasteiger partial charge in [0, 0.05) is 19.8 Å². The lowest BCUT2D eigenvalue weighted by atomic mass is 9.91. The predicted octanol–water partition coefficient (Wildman–Crippen LogP) is 13.4. The second-order valence-corrected chi connectivity index (χ2v) is 20.0. The summed E-state index contributed by atoms with van der Waals surface area (Å²) in [5.74, 6) is 6.12. The number of ether oxygens (including phenoxy) is 2. The summed E-state index contributed by atoms with van der Waals surface area (Å²) in [5.41, 5.74) is 5.43. The summed E-state index contributed by atoms with van der Waals surface area (Å²) >= 11 is 0. The average Bonchev–Trinajstić information content (AvgIpc) is 3.07. The first-order chi connectivity index (χ1) is 25.1. The highest BCUT2D eigenvalue weighted by Gasteiger charge is 2.24. The predicted molar refractivity (Wildman–Crippen MR) is 228 cm³/mol. The van der Waals surface area contributed by atoms with Gasteiger partial charge in [-0.15, -0.1) is 0 Å². The van der Waals surface area contributed by atoms with Gasteiger partial charge in [-0.1, -0.05) is 185 Å². The molecule has 0 aliphatic rings. The van der Waals surface area contributed by atoms with Crippen LogP contribution in [0, 0.1) is 47.3 Å². The number of phosphoric ester groups is 1. The molecular formula is C45H94NO6P. The van der Waals surface area contributed by atoms with Crippen LogP contribution in [0.15, 0.2) is 0 Å². The van der Waals surface area contributed by atoms with E-state index in [-0.39, 0.29) is 19.8 Å². The Morgan fingerprint density at radius 2 is 0.792 bits per heavy atom. The molecule has 0 saturated heterocycles. The molecule has 0 aromatic rings. The van der Waals surface area contributed by atoms with E-state index >= 15 is 0 Å². The molecule has 0 rings (SSSR count). The Balaban J connectivity index is 4.37. The van der Waals surface area contributed by atoms with Crippen LogP contribution in [0.4, 0.5) is 0 Å². The van der Waals surface area contributed by atoms with Crippen LogP contribution in [0.1, 0.15) is 198 Å². The first-order valence-corrected chi connectivity index (χ1v) is 24.1. The Labute approximate surface area is 331 Å². The van der Waals surface area contributed by atoms with E-state index in [0.717, 1.165) is 48.3 Å². The molecule has 320 valence electrons. The normalized spacial score (nSPS) is 17.5. The minimum atomic E-state index is -4.17. The molecule has 8 atom stereocenters. The minimum Gasteiger partial charge on any atom is -0.379 e. The van der Waals surface area contributed by atoms with Crippen molar-refractivity contribution in [1.29, 1.82) is 0 Å². The molecule has 0 spiro atoms. The molecule has 7 nitrogen and oxygen atoms in total. The number of nitrogens with two attached hydrogens (primary N) is 1. The summed E-state index contributed by atoms with van der Waals surface area (Å²) in [5, 5.41) is 0. The zero-order valence-corrected chi connectivity index (χ0v) is 38.0. The molecule has 0 aromatic heterocycles. The van der Waals surface area contributed by atoms with Crippen LogP contribution in [0.3, 0.4) is 0 Å². The molecule has 0 aliphatic carbocycles. The van der Waals surface area contributed by atoms with Crippen molar-refractivity contribution in [3.05, 3.63) is 0 Å². The molecule has 8 heteroatoms. The van der Waals surface area contributed by atoms with Crippen LogP contribution < -0.4 is 5.73 Å². The standard InChI is InChI=1S/C45H94NO6P/c1-37(2)17-11-19-39(5)21-13-23-41(7)25-15-27-43(9)29-32-49-35-45(36-52-53(47,48)51-34-31-46)50-33-30-44(10)28-16-26-42(8)24-14-22-40(6)20-12-18-38(3)4/h37-45H,11-36,46H2,1-10H3,(H,47,48)/t39?,40?,41?,42?,43?,44?,45-/m0/s1. The van der Waals surface area contributed by atoms with Gasteiger partial charge in [0.15, 0.2) is 0 Å². The second-order valence-electron chi connectivity index (χ2n) is 18.5. The first kappa shape index (κ1) is 53.0. The second kappa shape index (κ2) is 34.1. The largest absolute Gasteiger partial charge is 0.472 e. The van der Waals surface area contributed by atoms with Gasteiger partial charge in [0.25, 0.3) is 0 Å². The number of phosphoric acid groups is 1. The van der Waals surface area contributed by atoms with E-state index in [0.29, 0.717) is 31.7 Å². The van der Waals surface area contributed by atoms with Crippen LogP contribution >= 0.6 is 7.82 Å². The Kier molecular flexibility index (Phi) is 34.1. The third kappa shape index (κ3) is 36.1. The number of hydrogen-bond donors (Lipinski definition) is 2. The maximum Gasteiger partial charge on any atom is 0.472 e. The monoisotopic (exact) mass is 776 g/mol. The van der Waals surface area contributed by atoms with Crippen molar-refractivity contribution in [2.24, 2.45) is 53.1 Å². The Morgan fingerprint density at radius 1 is 0.453 bits per heavy atom. The SMILES string of the molecule is CC(C)CCCC(C)CCCC(C)CCCC(C)CCOC[C@@H](COP(=O)(O)OCCN)OCCC(C)CCCC(C)CCCC(C)CCCC(C)C. The highest BCUT2D eigenvalue weighted by Crippen LogP contribution is 2.43. The molecule has 0 bridgehead atoms. The molecule has 0 radical (unpaired) electrons. The lowest BCUT2D eigenvalue weighted by Crippen LogP contribution is -2.27. The Bertz CT molecular complexity index is 844. The van der Waals surface area contributed by atoms with Crippen LogP contribution in [0.5, 0.6) is 0 Å². The summed E-state index contributed by atoms with van der Waals surface area (Å²) in [6, 6.07) is 0. The molecule has 0 aromatic carbocycles. The quantitative estimate of drug-likeness (QED) is 0.0474. The van der Waals surface area contributed by atoms with Gasteiger partial charge in [0.1, 0.15) is 6.10 Å². The smallest absolute Gasteiger partial charge is 0.379 e. The van der Waals surface area contributed by atoms with Crippen molar-refractivity contribution in [1.82, 2.24) is 0 Å². The van der Waals surface area contributed by atoms with Gasteiger partial charge in [0.2, 0.25) is 0 Å². The van der Waals surface area contributed by atoms with E-state index in [9.17, 15) is 9.46 Å². The first-order valence-electron chi connectivity index (χ1n) is 22.6. The van der Waals surface area contributed by atoms with Crippen molar-refractivity contribution >= 4 is 7.82 Å². The fourth-order valence-electron chi connectivity index (χ4n) is 7.34. The average molecular weight is 776 g/mol. The van der Waals surface area contributed by atoms with Gasteiger partial charge in [-0.05, 0) is 60.2 Å². The third-order valence-corrected chi connectivity index (χ3v) is 12.3. The van der Waals surface area contributed by atoms with Crippen molar-refractivity contribution in [3.8, 4) is 0 Å². The Hall–Kier alpha value is -0.0100. The van der Waals surface area contributed by atoms with E-state index in [1.165, 1.54) is 116 Å². The molecule has 7 unspecified atom stereocenters. The number of hydrogen-bond acceptors (Lipinski definition) is 6. The van der Waals surface area contributed by atoms with E-state index in [1.807, 2.05) is 0 Å². The highest BCUT2D eigenvalue weighted by molar-refractivity contribution is 7.47. The summed E-state index contributed by atoms with van der Waals surface area (Å²) in [4.78, 5) is 10.0. The van der Waals surface area contributed by atoms with Crippen LogP contribution in [0.2, 0.25) is 0 Å². The topological polar surface area (TPSA) is 100 Å². The molecule has 0 amide bonds. The molecular weight excluding hydrogens is 681 g/mol. The highest BCUT2D eigenvalue weighted by atomic mass is 31.2. The number of rotatable bonds is 39. The van der Waals surface area contributed by atoms with Gasteiger partial charge in [0.05, 0.1) is 19.8 Å². The summed E-state index contributed by atoms with van der Waals surface area (Å²) in [6.07, 6.45) is 25.5. The molecule has 3 N–H and O–H groups in total. The molecule has 0 heterocycles. The van der Waals surface area contributed by atoms with Gasteiger partial charge in [-0.2, -0.15) is 0 Å². The molecule has 0 fully saturated rings. The fraction of sp³-hybridized carbons (Fsp3) is 1.00. The zero-order chi connectivity index (χ0) is 39.9. The van der Waals surface area contributed by atoms with Crippen LogP contribution in [-0.4, -0.2) is 50.6 Å². The van der Waals surface area contributed by atoms with Crippen LogP contribution in [0.25, 0.3) is 0 Å². The zero-order valence-electron chi connectivity index (χ0n) is 37.1. The van der Waals surface area contributed by atoms with E-state index in [1.54, 1.807) is 0 Å². The maximum absolute atomic E-state index is 12.3. The van der Waals surface area contributed by atoms with E-state index < -0.39 is 13.9 Å². The van der Waals surface area contributed by atoms with E-state index in [2.05, 4.69) is 69.2 Å². The lowest BCUT2D eigenvalue weighted by molar-refractivity contribution is -0.0475. The minimum absolute atomic E-state index is 0.0298. The van der Waals surface area contributed by atoms with Crippen molar-refractivity contribution < 1.29 is 28.0 Å². The summed E-state index contributed by atoms with van der Waals surface area (Å²) in [7, 11) is -4.17. The molecule has 53 heavy (non-hydrogen) atoms. The fourth-order valence-corrected chi connectivity index (χ4v) is 8.10. The van der Waals surface area contributed by atoms with Gasteiger partial charge in [-0.3, -0.25) is 9.05 Å². The maximum atomic E-state index is 12.3. The summed E-state index contributed by atoms with van der Waals surface area (Å²) in [6.45, 7) is 25.3. The molecule has 0 saturated carbocycles. The van der Waals surface area contributed by atoms with Gasteiger partial charge < -0.3 is 20.1 Å².